The molecule has 0 aliphatic rings. The number of ether oxygens (including phenoxy) is 1. The molecule has 0 aliphatic carbocycles. The molecule has 0 radical (unpaired) electrons. The van der Waals surface area contributed by atoms with E-state index in [1.54, 1.807) is 54.6 Å². The van der Waals surface area contributed by atoms with E-state index in [-0.39, 0.29) is 5.91 Å². The molecular weight excluding hydrogens is 412 g/mol. The number of hydrogen-bond acceptors (Lipinski definition) is 4. The van der Waals surface area contributed by atoms with Gasteiger partial charge in [-0.3, -0.25) is 4.79 Å². The van der Waals surface area contributed by atoms with E-state index in [0.717, 1.165) is 10.8 Å². The fraction of sp³-hybridized carbons (Fsp3) is 0. The summed E-state index contributed by atoms with van der Waals surface area (Å²) in [6.45, 7) is 0. The van der Waals surface area contributed by atoms with Crippen molar-refractivity contribution in [3.05, 3.63) is 113 Å². The molecule has 6 heteroatoms. The van der Waals surface area contributed by atoms with Gasteiger partial charge in [-0.1, -0.05) is 60.1 Å². The van der Waals surface area contributed by atoms with Gasteiger partial charge in [0.25, 0.3) is 5.91 Å². The first kappa shape index (κ1) is 20.3. The zero-order valence-corrected chi connectivity index (χ0v) is 17.0. The lowest BCUT2D eigenvalue weighted by Gasteiger charge is -2.06. The second-order valence-electron chi connectivity index (χ2n) is 6.69. The van der Waals surface area contributed by atoms with E-state index in [4.69, 9.17) is 16.3 Å². The quantitative estimate of drug-likeness (QED) is 0.198. The first-order valence-electron chi connectivity index (χ1n) is 9.49. The molecule has 0 saturated carbocycles. The summed E-state index contributed by atoms with van der Waals surface area (Å²) in [6.07, 6.45) is 1.49. The molecule has 5 nitrogen and oxygen atoms in total. The topological polar surface area (TPSA) is 67.8 Å². The van der Waals surface area contributed by atoms with Crippen LogP contribution >= 0.6 is 11.6 Å². The Labute approximate surface area is 183 Å². The number of carbonyl (C=O) groups is 2. The monoisotopic (exact) mass is 428 g/mol. The molecule has 152 valence electrons. The summed E-state index contributed by atoms with van der Waals surface area (Å²) in [6, 6.07) is 26.5. The average Bonchev–Trinajstić information content (AvgIpc) is 2.79. The highest BCUT2D eigenvalue weighted by molar-refractivity contribution is 6.30. The highest BCUT2D eigenvalue weighted by Gasteiger charge is 2.10. The molecule has 0 saturated heterocycles. The van der Waals surface area contributed by atoms with E-state index in [1.807, 2.05) is 36.4 Å². The van der Waals surface area contributed by atoms with E-state index in [9.17, 15) is 9.59 Å². The molecule has 0 atom stereocenters. The Bertz CT molecular complexity index is 1280. The highest BCUT2D eigenvalue weighted by atomic mass is 35.5. The molecule has 4 aromatic rings. The molecule has 0 aliphatic heterocycles. The smallest absolute Gasteiger partial charge is 0.343 e. The van der Waals surface area contributed by atoms with E-state index < -0.39 is 5.97 Å². The maximum Gasteiger partial charge on any atom is 0.343 e. The van der Waals surface area contributed by atoms with E-state index in [2.05, 4.69) is 10.5 Å². The van der Waals surface area contributed by atoms with Gasteiger partial charge in [0.2, 0.25) is 0 Å². The lowest BCUT2D eigenvalue weighted by molar-refractivity contribution is 0.0734. The summed E-state index contributed by atoms with van der Waals surface area (Å²) >= 11 is 5.84. The van der Waals surface area contributed by atoms with Gasteiger partial charge >= 0.3 is 5.97 Å². The highest BCUT2D eigenvalue weighted by Crippen LogP contribution is 2.19. The molecule has 31 heavy (non-hydrogen) atoms. The third-order valence-electron chi connectivity index (χ3n) is 4.56. The predicted molar refractivity (Wildman–Crippen MR) is 122 cm³/mol. The van der Waals surface area contributed by atoms with Crippen LogP contribution in [0.1, 0.15) is 26.3 Å². The van der Waals surface area contributed by atoms with Crippen molar-refractivity contribution in [3.8, 4) is 5.75 Å². The minimum absolute atomic E-state index is 0.307. The molecule has 0 unspecified atom stereocenters. The first-order valence-corrected chi connectivity index (χ1v) is 9.87. The van der Waals surface area contributed by atoms with E-state index in [1.165, 1.54) is 6.21 Å². The van der Waals surface area contributed by atoms with Crippen LogP contribution in [0.4, 0.5) is 0 Å². The van der Waals surface area contributed by atoms with Crippen molar-refractivity contribution in [1.29, 1.82) is 0 Å². The molecule has 0 heterocycles. The SMILES string of the molecule is O=C(Oc1cccc(/C=N\NC(=O)c2cccc3ccccc23)c1)c1ccc(Cl)cc1. The Morgan fingerprint density at radius 2 is 1.61 bits per heavy atom. The van der Waals surface area contributed by atoms with Crippen molar-refractivity contribution < 1.29 is 14.3 Å². The van der Waals surface area contributed by atoms with Crippen LogP contribution in [0, 0.1) is 0 Å². The van der Waals surface area contributed by atoms with Gasteiger partial charge in [0, 0.05) is 10.6 Å². The Balaban J connectivity index is 1.43. The van der Waals surface area contributed by atoms with Gasteiger partial charge in [0.1, 0.15) is 5.75 Å². The number of hydrazone groups is 1. The van der Waals surface area contributed by atoms with Crippen LogP contribution in [0.25, 0.3) is 10.8 Å². The van der Waals surface area contributed by atoms with E-state index in [0.29, 0.717) is 27.5 Å². The number of hydrogen-bond donors (Lipinski definition) is 1. The number of halogens is 1. The average molecular weight is 429 g/mol. The molecule has 1 amide bonds. The van der Waals surface area contributed by atoms with Crippen LogP contribution in [0.5, 0.6) is 5.75 Å². The van der Waals surface area contributed by atoms with Crippen molar-refractivity contribution in [2.75, 3.05) is 0 Å². The van der Waals surface area contributed by atoms with E-state index >= 15 is 0 Å². The van der Waals surface area contributed by atoms with Crippen LogP contribution < -0.4 is 10.2 Å². The number of amides is 1. The molecule has 0 fully saturated rings. The third-order valence-corrected chi connectivity index (χ3v) is 4.81. The summed E-state index contributed by atoms with van der Waals surface area (Å²) in [4.78, 5) is 24.8. The number of nitrogens with zero attached hydrogens (tertiary/aromatic N) is 1. The lowest BCUT2D eigenvalue weighted by atomic mass is 10.0. The number of benzene rings is 4. The van der Waals surface area contributed by atoms with Crippen LogP contribution in [-0.2, 0) is 0 Å². The van der Waals surface area contributed by atoms with Crippen molar-refractivity contribution >= 4 is 40.5 Å². The summed E-state index contributed by atoms with van der Waals surface area (Å²) < 4.78 is 5.39. The largest absolute Gasteiger partial charge is 0.423 e. The summed E-state index contributed by atoms with van der Waals surface area (Å²) in [7, 11) is 0. The molecule has 1 N–H and O–H groups in total. The zero-order valence-electron chi connectivity index (χ0n) is 16.3. The normalized spacial score (nSPS) is 10.9. The predicted octanol–water partition coefficient (Wildman–Crippen LogP) is 5.48. The number of nitrogens with one attached hydrogen (secondary N) is 1. The molecule has 0 bridgehead atoms. The van der Waals surface area contributed by atoms with Gasteiger partial charge in [-0.15, -0.1) is 0 Å². The van der Waals surface area contributed by atoms with Crippen molar-refractivity contribution in [2.24, 2.45) is 5.10 Å². The van der Waals surface area contributed by atoms with Gasteiger partial charge in [0.15, 0.2) is 0 Å². The molecular formula is C25H17ClN2O3. The third kappa shape index (κ3) is 4.97. The number of fused-ring (bicyclic) bond motifs is 1. The van der Waals surface area contributed by atoms with Crippen LogP contribution in [0.3, 0.4) is 0 Å². The van der Waals surface area contributed by atoms with Crippen LogP contribution in [-0.4, -0.2) is 18.1 Å². The molecule has 4 rings (SSSR count). The van der Waals surface area contributed by atoms with Gasteiger partial charge in [-0.05, 0) is 58.8 Å². The van der Waals surface area contributed by atoms with Crippen molar-refractivity contribution in [2.45, 2.75) is 0 Å². The minimum atomic E-state index is -0.491. The Kier molecular flexibility index (Phi) is 6.05. The second kappa shape index (κ2) is 9.24. The molecule has 0 aromatic heterocycles. The maximum atomic E-state index is 12.5. The van der Waals surface area contributed by atoms with Gasteiger partial charge in [-0.2, -0.15) is 5.10 Å². The van der Waals surface area contributed by atoms with Gasteiger partial charge in [0.05, 0.1) is 11.8 Å². The number of rotatable bonds is 5. The number of carbonyl (C=O) groups excluding carboxylic acids is 2. The second-order valence-corrected chi connectivity index (χ2v) is 7.13. The van der Waals surface area contributed by atoms with Crippen molar-refractivity contribution in [3.63, 3.8) is 0 Å². The van der Waals surface area contributed by atoms with Crippen molar-refractivity contribution in [1.82, 2.24) is 5.43 Å². The molecule has 0 spiro atoms. The summed E-state index contributed by atoms with van der Waals surface area (Å²) in [5.41, 5.74) is 4.14. The standard InChI is InChI=1S/C25H17ClN2O3/c26-20-13-11-19(12-14-20)25(30)31-21-8-3-5-17(15-21)16-27-28-24(29)23-10-4-7-18-6-1-2-9-22(18)23/h1-16H,(H,28,29)/b27-16-. The first-order chi connectivity index (χ1) is 15.1. The fourth-order valence-corrected chi connectivity index (χ4v) is 3.19. The fourth-order valence-electron chi connectivity index (χ4n) is 3.06. The Hall–Kier alpha value is -3.96. The number of esters is 1. The van der Waals surface area contributed by atoms with Gasteiger partial charge < -0.3 is 4.74 Å². The summed E-state index contributed by atoms with van der Waals surface area (Å²) in [5, 5.41) is 6.41. The maximum absolute atomic E-state index is 12.5. The lowest BCUT2D eigenvalue weighted by Crippen LogP contribution is -2.17. The van der Waals surface area contributed by atoms with Crippen LogP contribution in [0.2, 0.25) is 5.02 Å². The molecule has 4 aromatic carbocycles. The zero-order chi connectivity index (χ0) is 21.6. The summed E-state index contributed by atoms with van der Waals surface area (Å²) in [5.74, 6) is -0.433. The Morgan fingerprint density at radius 1 is 0.871 bits per heavy atom. The Morgan fingerprint density at radius 3 is 2.45 bits per heavy atom. The minimum Gasteiger partial charge on any atom is -0.423 e. The van der Waals surface area contributed by atoms with Crippen LogP contribution in [0.15, 0.2) is 96.1 Å². The van der Waals surface area contributed by atoms with Gasteiger partial charge in [-0.25, -0.2) is 10.2 Å².